The van der Waals surface area contributed by atoms with E-state index in [-0.39, 0.29) is 18.2 Å². The SMILES string of the molecule is O=C(O)CC1CN(C(=O)c2cc(I)ccc2Br)C1. The van der Waals surface area contributed by atoms with E-state index in [0.29, 0.717) is 18.7 Å². The average molecular weight is 424 g/mol. The largest absolute Gasteiger partial charge is 0.481 e. The second-order valence-electron chi connectivity index (χ2n) is 4.30. The third-order valence-corrected chi connectivity index (χ3v) is 4.23. The number of nitrogens with zero attached hydrogens (tertiary/aromatic N) is 1. The molecule has 1 amide bonds. The van der Waals surface area contributed by atoms with Crippen LogP contribution in [0.1, 0.15) is 16.8 Å². The Labute approximate surface area is 127 Å². The highest BCUT2D eigenvalue weighted by Gasteiger charge is 2.33. The molecule has 2 rings (SSSR count). The zero-order valence-electron chi connectivity index (χ0n) is 9.40. The Hall–Kier alpha value is -0.630. The lowest BCUT2D eigenvalue weighted by molar-refractivity contribution is -0.139. The maximum Gasteiger partial charge on any atom is 0.303 e. The Morgan fingerprint density at radius 3 is 2.72 bits per heavy atom. The van der Waals surface area contributed by atoms with E-state index in [0.717, 1.165) is 8.04 Å². The minimum atomic E-state index is -0.803. The first-order valence-electron chi connectivity index (χ1n) is 5.43. The van der Waals surface area contributed by atoms with Crippen molar-refractivity contribution in [1.82, 2.24) is 4.90 Å². The molecule has 1 heterocycles. The van der Waals surface area contributed by atoms with E-state index >= 15 is 0 Å². The number of rotatable bonds is 3. The van der Waals surface area contributed by atoms with E-state index in [1.54, 1.807) is 4.90 Å². The maximum absolute atomic E-state index is 12.2. The normalized spacial score (nSPS) is 15.3. The topological polar surface area (TPSA) is 57.6 Å². The monoisotopic (exact) mass is 423 g/mol. The number of carboxylic acids is 1. The van der Waals surface area contributed by atoms with Crippen LogP contribution in [0.2, 0.25) is 0 Å². The maximum atomic E-state index is 12.2. The predicted octanol–water partition coefficient (Wildman–Crippen LogP) is 2.60. The lowest BCUT2D eigenvalue weighted by atomic mass is 9.95. The molecule has 18 heavy (non-hydrogen) atoms. The molecule has 4 nitrogen and oxygen atoms in total. The fraction of sp³-hybridized carbons (Fsp3) is 0.333. The Morgan fingerprint density at radius 2 is 2.11 bits per heavy atom. The smallest absolute Gasteiger partial charge is 0.303 e. The number of aliphatic carboxylic acids is 1. The molecule has 0 unspecified atom stereocenters. The highest BCUT2D eigenvalue weighted by molar-refractivity contribution is 14.1. The van der Waals surface area contributed by atoms with Gasteiger partial charge in [0.05, 0.1) is 12.0 Å². The van der Waals surface area contributed by atoms with E-state index in [1.807, 2.05) is 18.2 Å². The molecule has 6 heteroatoms. The van der Waals surface area contributed by atoms with Crippen molar-refractivity contribution >= 4 is 50.4 Å². The van der Waals surface area contributed by atoms with Gasteiger partial charge in [0.1, 0.15) is 0 Å². The molecule has 1 fully saturated rings. The summed E-state index contributed by atoms with van der Waals surface area (Å²) in [4.78, 5) is 24.4. The number of hydrogen-bond donors (Lipinski definition) is 1. The number of hydrogen-bond acceptors (Lipinski definition) is 2. The number of carboxylic acid groups (broad SMARTS) is 1. The van der Waals surface area contributed by atoms with Crippen LogP contribution in [0.25, 0.3) is 0 Å². The van der Waals surface area contributed by atoms with Crippen molar-refractivity contribution in [3.05, 3.63) is 31.8 Å². The molecule has 0 radical (unpaired) electrons. The first kappa shape index (κ1) is 13.8. The molecule has 0 aromatic heterocycles. The third kappa shape index (κ3) is 3.03. The van der Waals surface area contributed by atoms with Crippen molar-refractivity contribution in [1.29, 1.82) is 0 Å². The number of carbonyl (C=O) groups is 2. The Bertz CT molecular complexity index is 500. The van der Waals surface area contributed by atoms with Crippen LogP contribution >= 0.6 is 38.5 Å². The molecular formula is C12H11BrINO3. The Balaban J connectivity index is 2.01. The van der Waals surface area contributed by atoms with Crippen LogP contribution in [0, 0.1) is 9.49 Å². The van der Waals surface area contributed by atoms with E-state index in [2.05, 4.69) is 38.5 Å². The van der Waals surface area contributed by atoms with Crippen molar-refractivity contribution in [2.75, 3.05) is 13.1 Å². The lowest BCUT2D eigenvalue weighted by Gasteiger charge is -2.38. The summed E-state index contributed by atoms with van der Waals surface area (Å²) in [6.45, 7) is 1.06. The number of benzene rings is 1. The third-order valence-electron chi connectivity index (χ3n) is 2.87. The summed E-state index contributed by atoms with van der Waals surface area (Å²) in [5, 5.41) is 8.66. The lowest BCUT2D eigenvalue weighted by Crippen LogP contribution is -2.50. The summed E-state index contributed by atoms with van der Waals surface area (Å²) in [5.41, 5.74) is 0.635. The fourth-order valence-electron chi connectivity index (χ4n) is 1.94. The van der Waals surface area contributed by atoms with Gasteiger partial charge in [0.15, 0.2) is 0 Å². The second-order valence-corrected chi connectivity index (χ2v) is 6.40. The van der Waals surface area contributed by atoms with Crippen molar-refractivity contribution in [3.63, 3.8) is 0 Å². The summed E-state index contributed by atoms with van der Waals surface area (Å²) in [7, 11) is 0. The van der Waals surface area contributed by atoms with Crippen molar-refractivity contribution in [2.45, 2.75) is 6.42 Å². The summed E-state index contributed by atoms with van der Waals surface area (Å²) in [5.74, 6) is -0.752. The molecule has 0 bridgehead atoms. The Morgan fingerprint density at radius 1 is 1.44 bits per heavy atom. The van der Waals surface area contributed by atoms with Gasteiger partial charge in [0.2, 0.25) is 0 Å². The van der Waals surface area contributed by atoms with Crippen LogP contribution < -0.4 is 0 Å². The summed E-state index contributed by atoms with van der Waals surface area (Å²) < 4.78 is 1.77. The molecule has 0 atom stereocenters. The van der Waals surface area contributed by atoms with Gasteiger partial charge in [-0.25, -0.2) is 0 Å². The molecule has 0 spiro atoms. The van der Waals surface area contributed by atoms with Crippen LogP contribution in [-0.4, -0.2) is 35.0 Å². The first-order valence-corrected chi connectivity index (χ1v) is 7.30. The molecule has 1 aliphatic rings. The standard InChI is InChI=1S/C12H11BrINO3/c13-10-2-1-8(14)4-9(10)12(18)15-5-7(6-15)3-11(16)17/h1-2,4,7H,3,5-6H2,(H,16,17). The van der Waals surface area contributed by atoms with Gasteiger partial charge < -0.3 is 10.0 Å². The molecule has 1 aliphatic heterocycles. The zero-order chi connectivity index (χ0) is 13.3. The van der Waals surface area contributed by atoms with Gasteiger partial charge in [-0.05, 0) is 56.7 Å². The fourth-order valence-corrected chi connectivity index (χ4v) is 2.85. The minimum absolute atomic E-state index is 0.0398. The van der Waals surface area contributed by atoms with Gasteiger partial charge in [-0.15, -0.1) is 0 Å². The summed E-state index contributed by atoms with van der Waals surface area (Å²) >= 11 is 5.52. The highest BCUT2D eigenvalue weighted by atomic mass is 127. The van der Waals surface area contributed by atoms with Crippen LogP contribution in [0.5, 0.6) is 0 Å². The predicted molar refractivity (Wildman–Crippen MR) is 78.5 cm³/mol. The van der Waals surface area contributed by atoms with Crippen LogP contribution in [0.3, 0.4) is 0 Å². The van der Waals surface area contributed by atoms with E-state index in [9.17, 15) is 9.59 Å². The van der Waals surface area contributed by atoms with Crippen molar-refractivity contribution in [3.8, 4) is 0 Å². The van der Waals surface area contributed by atoms with Gasteiger partial charge in [-0.1, -0.05) is 0 Å². The van der Waals surface area contributed by atoms with Crippen LogP contribution in [0.15, 0.2) is 22.7 Å². The molecule has 1 saturated heterocycles. The summed E-state index contributed by atoms with van der Waals surface area (Å²) in [6, 6.07) is 5.60. The molecule has 1 aromatic carbocycles. The number of likely N-dealkylation sites (tertiary alicyclic amines) is 1. The number of halogens is 2. The number of carbonyl (C=O) groups excluding carboxylic acids is 1. The quantitative estimate of drug-likeness (QED) is 0.760. The minimum Gasteiger partial charge on any atom is -0.481 e. The van der Waals surface area contributed by atoms with E-state index in [1.165, 1.54) is 0 Å². The summed E-state index contributed by atoms with van der Waals surface area (Å²) in [6.07, 6.45) is 0.136. The van der Waals surface area contributed by atoms with Crippen molar-refractivity contribution < 1.29 is 14.7 Å². The average Bonchev–Trinajstić information content (AvgIpc) is 2.25. The molecule has 96 valence electrons. The van der Waals surface area contributed by atoms with E-state index < -0.39 is 5.97 Å². The highest BCUT2D eigenvalue weighted by Crippen LogP contribution is 2.26. The molecule has 0 aliphatic carbocycles. The van der Waals surface area contributed by atoms with Gasteiger partial charge in [0, 0.05) is 27.1 Å². The zero-order valence-corrected chi connectivity index (χ0v) is 13.1. The van der Waals surface area contributed by atoms with Gasteiger partial charge >= 0.3 is 5.97 Å². The van der Waals surface area contributed by atoms with Gasteiger partial charge in [-0.3, -0.25) is 9.59 Å². The first-order chi connectivity index (χ1) is 8.47. The van der Waals surface area contributed by atoms with Gasteiger partial charge in [-0.2, -0.15) is 0 Å². The molecule has 1 aromatic rings. The molecule has 0 saturated carbocycles. The Kier molecular flexibility index (Phi) is 4.26. The van der Waals surface area contributed by atoms with Crippen LogP contribution in [0.4, 0.5) is 0 Å². The van der Waals surface area contributed by atoms with E-state index in [4.69, 9.17) is 5.11 Å². The second kappa shape index (κ2) is 5.56. The number of amides is 1. The van der Waals surface area contributed by atoms with Crippen molar-refractivity contribution in [2.24, 2.45) is 5.92 Å². The van der Waals surface area contributed by atoms with Crippen LogP contribution in [-0.2, 0) is 4.79 Å². The molecular weight excluding hydrogens is 413 g/mol. The molecule has 1 N–H and O–H groups in total. The van der Waals surface area contributed by atoms with Gasteiger partial charge in [0.25, 0.3) is 5.91 Å².